The molecule has 1 heterocycles. The number of hydrogen-bond acceptors (Lipinski definition) is 3. The Morgan fingerprint density at radius 3 is 2.88 bits per heavy atom. The van der Waals surface area contributed by atoms with Crippen LogP contribution in [0.2, 0.25) is 0 Å². The number of nitrogens with one attached hydrogen (secondary N) is 3. The quantitative estimate of drug-likeness (QED) is 0.428. The summed E-state index contributed by atoms with van der Waals surface area (Å²) in [6.07, 6.45) is 6.27. The minimum absolute atomic E-state index is 0.124. The van der Waals surface area contributed by atoms with Crippen LogP contribution in [-0.2, 0) is 11.2 Å². The van der Waals surface area contributed by atoms with Gasteiger partial charge in [0.25, 0.3) is 0 Å². The molecule has 0 aliphatic carbocycles. The number of rotatable bonds is 6. The number of amides is 1. The van der Waals surface area contributed by atoms with Crippen LogP contribution in [0.1, 0.15) is 10.4 Å². The molecule has 1 amide bonds. The number of thiophene rings is 1. The van der Waals surface area contributed by atoms with Gasteiger partial charge >= 0.3 is 0 Å². The molecule has 0 saturated heterocycles. The van der Waals surface area contributed by atoms with Crippen LogP contribution in [0.25, 0.3) is 0 Å². The van der Waals surface area contributed by atoms with Crippen molar-refractivity contribution in [2.24, 2.45) is 4.99 Å². The number of terminal acetylenes is 1. The number of carbonyl (C=O) groups excluding carboxylic acids is 1. The molecule has 0 aliphatic heterocycles. The molecule has 0 fully saturated rings. The third-order valence-electron chi connectivity index (χ3n) is 3.20. The summed E-state index contributed by atoms with van der Waals surface area (Å²) in [4.78, 5) is 17.4. The van der Waals surface area contributed by atoms with Gasteiger partial charge in [0.1, 0.15) is 0 Å². The maximum Gasteiger partial charge on any atom is 0.243 e. The molecule has 0 atom stereocenters. The van der Waals surface area contributed by atoms with Crippen molar-refractivity contribution in [2.45, 2.75) is 6.42 Å². The van der Waals surface area contributed by atoms with E-state index < -0.39 is 0 Å². The Morgan fingerprint density at radius 2 is 2.17 bits per heavy atom. The number of nitrogens with zero attached hydrogens (tertiary/aromatic N) is 1. The first kappa shape index (κ1) is 17.6. The van der Waals surface area contributed by atoms with Crippen LogP contribution in [0.3, 0.4) is 0 Å². The number of hydrogen-bond donors (Lipinski definition) is 3. The second-order valence-electron chi connectivity index (χ2n) is 4.96. The summed E-state index contributed by atoms with van der Waals surface area (Å²) in [5.74, 6) is 2.97. The van der Waals surface area contributed by atoms with Crippen molar-refractivity contribution >= 4 is 28.9 Å². The van der Waals surface area contributed by atoms with Crippen LogP contribution in [0, 0.1) is 12.3 Å². The number of guanidine groups is 1. The number of carbonyl (C=O) groups is 1. The number of aliphatic imine (C=N–C) groups is 1. The van der Waals surface area contributed by atoms with E-state index in [1.54, 1.807) is 30.5 Å². The van der Waals surface area contributed by atoms with Crippen molar-refractivity contribution in [3.63, 3.8) is 0 Å². The molecule has 124 valence electrons. The molecule has 1 aromatic heterocycles. The Hall–Kier alpha value is -2.78. The van der Waals surface area contributed by atoms with E-state index in [9.17, 15) is 4.79 Å². The molecule has 2 aromatic rings. The highest BCUT2D eigenvalue weighted by Gasteiger charge is 2.05. The standard InChI is InChI=1S/C18H20N4OS/c1-3-14-6-4-7-15(12-14)22-17(23)13-21-18(19-2)20-10-9-16-8-5-11-24-16/h1,4-8,11-12H,9-10,13H2,2H3,(H,22,23)(H2,19,20,21). The van der Waals surface area contributed by atoms with Gasteiger partial charge in [0.15, 0.2) is 5.96 Å². The average molecular weight is 340 g/mol. The van der Waals surface area contributed by atoms with Gasteiger partial charge in [-0.1, -0.05) is 18.1 Å². The summed E-state index contributed by atoms with van der Waals surface area (Å²) in [7, 11) is 1.68. The zero-order valence-corrected chi connectivity index (χ0v) is 14.3. The van der Waals surface area contributed by atoms with Crippen LogP contribution >= 0.6 is 11.3 Å². The lowest BCUT2D eigenvalue weighted by atomic mass is 10.2. The monoisotopic (exact) mass is 340 g/mol. The predicted molar refractivity (Wildman–Crippen MR) is 100 cm³/mol. The molecular formula is C18H20N4OS. The molecule has 0 bridgehead atoms. The second-order valence-corrected chi connectivity index (χ2v) is 5.99. The van der Waals surface area contributed by atoms with Crippen LogP contribution < -0.4 is 16.0 Å². The minimum atomic E-state index is -0.162. The molecule has 0 radical (unpaired) electrons. The Labute approximate surface area is 146 Å². The van der Waals surface area contributed by atoms with Gasteiger partial charge < -0.3 is 16.0 Å². The van der Waals surface area contributed by atoms with Crippen molar-refractivity contribution in [3.8, 4) is 12.3 Å². The Balaban J connectivity index is 1.73. The summed E-state index contributed by atoms with van der Waals surface area (Å²) in [6, 6.07) is 11.3. The van der Waals surface area contributed by atoms with Crippen molar-refractivity contribution in [2.75, 3.05) is 25.5 Å². The Bertz CT molecular complexity index is 732. The van der Waals surface area contributed by atoms with Gasteiger partial charge in [0, 0.05) is 29.7 Å². The lowest BCUT2D eigenvalue weighted by Crippen LogP contribution is -2.42. The molecule has 5 nitrogen and oxygen atoms in total. The first-order chi connectivity index (χ1) is 11.7. The summed E-state index contributed by atoms with van der Waals surface area (Å²) in [6.45, 7) is 0.880. The van der Waals surface area contributed by atoms with E-state index in [-0.39, 0.29) is 12.5 Å². The van der Waals surface area contributed by atoms with Gasteiger partial charge in [0.2, 0.25) is 5.91 Å². The normalized spacial score (nSPS) is 10.8. The van der Waals surface area contributed by atoms with Crippen molar-refractivity contribution in [1.29, 1.82) is 0 Å². The first-order valence-electron chi connectivity index (χ1n) is 7.54. The fourth-order valence-corrected chi connectivity index (χ4v) is 2.74. The molecule has 0 aliphatic rings. The predicted octanol–water partition coefficient (Wildman–Crippen LogP) is 2.08. The van der Waals surface area contributed by atoms with Crippen LogP contribution in [0.15, 0.2) is 46.8 Å². The third kappa shape index (κ3) is 5.78. The van der Waals surface area contributed by atoms with Gasteiger partial charge in [-0.05, 0) is 36.1 Å². The summed E-state index contributed by atoms with van der Waals surface area (Å²) < 4.78 is 0. The van der Waals surface area contributed by atoms with Crippen molar-refractivity contribution < 1.29 is 4.79 Å². The zero-order chi connectivity index (χ0) is 17.2. The highest BCUT2D eigenvalue weighted by molar-refractivity contribution is 7.09. The van der Waals surface area contributed by atoms with E-state index in [4.69, 9.17) is 6.42 Å². The summed E-state index contributed by atoms with van der Waals surface area (Å²) in [5.41, 5.74) is 1.41. The molecule has 0 spiro atoms. The Kier molecular flexibility index (Phi) is 6.87. The fraction of sp³-hybridized carbons (Fsp3) is 0.222. The largest absolute Gasteiger partial charge is 0.356 e. The van der Waals surface area contributed by atoms with Crippen molar-refractivity contribution in [1.82, 2.24) is 10.6 Å². The smallest absolute Gasteiger partial charge is 0.243 e. The van der Waals surface area contributed by atoms with E-state index in [1.807, 2.05) is 18.2 Å². The van der Waals surface area contributed by atoms with E-state index in [1.165, 1.54) is 4.88 Å². The van der Waals surface area contributed by atoms with Gasteiger partial charge in [-0.15, -0.1) is 17.8 Å². The SMILES string of the molecule is C#Cc1cccc(NC(=O)CNC(=NC)NCCc2cccs2)c1. The maximum absolute atomic E-state index is 12.0. The molecule has 6 heteroatoms. The molecule has 24 heavy (non-hydrogen) atoms. The van der Waals surface area contributed by atoms with Crippen molar-refractivity contribution in [3.05, 3.63) is 52.2 Å². The lowest BCUT2D eigenvalue weighted by molar-refractivity contribution is -0.115. The maximum atomic E-state index is 12.0. The third-order valence-corrected chi connectivity index (χ3v) is 4.13. The highest BCUT2D eigenvalue weighted by atomic mass is 32.1. The van der Waals surface area contributed by atoms with E-state index >= 15 is 0 Å². The molecule has 0 unspecified atom stereocenters. The van der Waals surface area contributed by atoms with Gasteiger partial charge in [-0.25, -0.2) is 0 Å². The lowest BCUT2D eigenvalue weighted by Gasteiger charge is -2.11. The fourth-order valence-electron chi connectivity index (χ4n) is 2.04. The molecule has 2 rings (SSSR count). The number of anilines is 1. The first-order valence-corrected chi connectivity index (χ1v) is 8.42. The molecular weight excluding hydrogens is 320 g/mol. The number of benzene rings is 1. The Morgan fingerprint density at radius 1 is 1.29 bits per heavy atom. The molecule has 0 saturated carbocycles. The van der Waals surface area contributed by atoms with Crippen LogP contribution in [-0.4, -0.2) is 32.0 Å². The van der Waals surface area contributed by atoms with Crippen LogP contribution in [0.5, 0.6) is 0 Å². The summed E-state index contributed by atoms with van der Waals surface area (Å²) >= 11 is 1.73. The zero-order valence-electron chi connectivity index (χ0n) is 13.5. The van der Waals surface area contributed by atoms with Gasteiger partial charge in [-0.2, -0.15) is 0 Å². The topological polar surface area (TPSA) is 65.5 Å². The van der Waals surface area contributed by atoms with Gasteiger partial charge in [0.05, 0.1) is 6.54 Å². The molecule has 1 aromatic carbocycles. The van der Waals surface area contributed by atoms with E-state index in [0.29, 0.717) is 11.6 Å². The highest BCUT2D eigenvalue weighted by Crippen LogP contribution is 2.09. The minimum Gasteiger partial charge on any atom is -0.356 e. The van der Waals surface area contributed by atoms with E-state index in [0.717, 1.165) is 18.5 Å². The average Bonchev–Trinajstić information content (AvgIpc) is 3.11. The molecule has 3 N–H and O–H groups in total. The van der Waals surface area contributed by atoms with E-state index in [2.05, 4.69) is 38.3 Å². The van der Waals surface area contributed by atoms with Crippen LogP contribution in [0.4, 0.5) is 5.69 Å². The summed E-state index contributed by atoms with van der Waals surface area (Å²) in [5, 5.41) is 11.0. The second kappa shape index (κ2) is 9.38. The van der Waals surface area contributed by atoms with Gasteiger partial charge in [-0.3, -0.25) is 9.79 Å².